The third kappa shape index (κ3) is 5.25. The van der Waals surface area contributed by atoms with Crippen molar-refractivity contribution >= 4 is 29.2 Å². The number of aromatic carboxylic acids is 1. The third-order valence-electron chi connectivity index (χ3n) is 5.58. The lowest BCUT2D eigenvalue weighted by molar-refractivity contribution is 0.0697. The molecular weight excluding hydrogens is 449 g/mol. The Morgan fingerprint density at radius 1 is 1.06 bits per heavy atom. The van der Waals surface area contributed by atoms with Crippen LogP contribution in [0.2, 0.25) is 10.0 Å². The van der Waals surface area contributed by atoms with Gasteiger partial charge in [0, 0.05) is 28.7 Å². The molecule has 1 aliphatic rings. The van der Waals surface area contributed by atoms with Gasteiger partial charge >= 0.3 is 5.97 Å². The molecule has 1 heterocycles. The van der Waals surface area contributed by atoms with Crippen molar-refractivity contribution in [3.63, 3.8) is 0 Å². The van der Waals surface area contributed by atoms with Crippen LogP contribution in [0.3, 0.4) is 0 Å². The third-order valence-corrected chi connectivity index (χ3v) is 6.16. The van der Waals surface area contributed by atoms with Crippen LogP contribution in [0.15, 0.2) is 60.7 Å². The maximum Gasteiger partial charge on any atom is 0.335 e. The van der Waals surface area contributed by atoms with Crippen LogP contribution in [-0.4, -0.2) is 35.4 Å². The summed E-state index contributed by atoms with van der Waals surface area (Å²) in [7, 11) is 0. The highest BCUT2D eigenvalue weighted by Crippen LogP contribution is 2.32. The summed E-state index contributed by atoms with van der Waals surface area (Å²) >= 11 is 12.2. The van der Waals surface area contributed by atoms with E-state index in [4.69, 9.17) is 33.0 Å². The topological polar surface area (TPSA) is 78.8 Å². The maximum absolute atomic E-state index is 11.0. The number of carboxylic acid groups (broad SMARTS) is 1. The fourth-order valence-corrected chi connectivity index (χ4v) is 4.26. The summed E-state index contributed by atoms with van der Waals surface area (Å²) in [4.78, 5) is 11.0. The molecule has 0 amide bonds. The molecule has 0 spiro atoms. The molecule has 0 bridgehead atoms. The van der Waals surface area contributed by atoms with Gasteiger partial charge in [-0.1, -0.05) is 41.4 Å². The summed E-state index contributed by atoms with van der Waals surface area (Å²) in [6.07, 6.45) is 0.985. The van der Waals surface area contributed by atoms with E-state index < -0.39 is 12.1 Å². The van der Waals surface area contributed by atoms with Crippen molar-refractivity contribution in [1.82, 2.24) is 5.32 Å². The summed E-state index contributed by atoms with van der Waals surface area (Å²) in [5.74, 6) is -0.0781. The number of aliphatic hydroxyl groups excluding tert-OH is 1. The number of carboxylic acids is 1. The largest absolute Gasteiger partial charge is 0.489 e. The van der Waals surface area contributed by atoms with E-state index in [9.17, 15) is 9.90 Å². The Morgan fingerprint density at radius 3 is 2.56 bits per heavy atom. The predicted molar refractivity (Wildman–Crippen MR) is 126 cm³/mol. The summed E-state index contributed by atoms with van der Waals surface area (Å²) in [5, 5.41) is 23.8. The van der Waals surface area contributed by atoms with Crippen LogP contribution in [0.5, 0.6) is 5.75 Å². The molecular formula is C25H23Cl2NO4. The van der Waals surface area contributed by atoms with Crippen molar-refractivity contribution in [1.29, 1.82) is 0 Å². The second kappa shape index (κ2) is 9.92. The second-order valence-electron chi connectivity index (χ2n) is 7.82. The van der Waals surface area contributed by atoms with Gasteiger partial charge in [0.1, 0.15) is 11.9 Å². The zero-order valence-corrected chi connectivity index (χ0v) is 18.7. The van der Waals surface area contributed by atoms with Crippen molar-refractivity contribution in [3.8, 4) is 16.9 Å². The molecule has 2 atom stereocenters. The van der Waals surface area contributed by atoms with Gasteiger partial charge in [-0.3, -0.25) is 0 Å². The summed E-state index contributed by atoms with van der Waals surface area (Å²) in [6, 6.07) is 17.9. The van der Waals surface area contributed by atoms with Gasteiger partial charge in [-0.05, 0) is 72.0 Å². The first kappa shape index (κ1) is 22.6. The molecule has 2 unspecified atom stereocenters. The Labute approximate surface area is 196 Å². The average Bonchev–Trinajstić information content (AvgIpc) is 2.80. The van der Waals surface area contributed by atoms with Crippen LogP contribution in [0.1, 0.15) is 34.0 Å². The first-order valence-electron chi connectivity index (χ1n) is 10.4. The van der Waals surface area contributed by atoms with Crippen molar-refractivity contribution < 1.29 is 19.7 Å². The highest BCUT2D eigenvalue weighted by atomic mass is 35.5. The van der Waals surface area contributed by atoms with Gasteiger partial charge in [0.15, 0.2) is 0 Å². The number of carbonyl (C=O) groups is 1. The molecule has 0 saturated heterocycles. The van der Waals surface area contributed by atoms with E-state index in [1.165, 1.54) is 0 Å². The smallest absolute Gasteiger partial charge is 0.335 e. The fourth-order valence-electron chi connectivity index (χ4n) is 3.83. The van der Waals surface area contributed by atoms with Gasteiger partial charge in [0.25, 0.3) is 0 Å². The minimum absolute atomic E-state index is 0.00485. The van der Waals surface area contributed by atoms with E-state index in [1.54, 1.807) is 30.3 Å². The van der Waals surface area contributed by atoms with Crippen LogP contribution in [0, 0.1) is 0 Å². The number of hydrogen-bond acceptors (Lipinski definition) is 4. The van der Waals surface area contributed by atoms with Gasteiger partial charge in [-0.2, -0.15) is 0 Å². The van der Waals surface area contributed by atoms with E-state index in [2.05, 4.69) is 11.4 Å². The molecule has 0 saturated carbocycles. The first-order valence-corrected chi connectivity index (χ1v) is 11.1. The molecule has 1 aliphatic heterocycles. The van der Waals surface area contributed by atoms with Gasteiger partial charge < -0.3 is 20.3 Å². The minimum atomic E-state index is -0.932. The molecule has 4 rings (SSSR count). The Bertz CT molecular complexity index is 1120. The highest BCUT2D eigenvalue weighted by Gasteiger charge is 2.21. The Balaban J connectivity index is 1.34. The lowest BCUT2D eigenvalue weighted by atomic mass is 9.96. The highest BCUT2D eigenvalue weighted by molar-refractivity contribution is 6.33. The summed E-state index contributed by atoms with van der Waals surface area (Å²) in [5.41, 5.74) is 4.00. The maximum atomic E-state index is 11.0. The lowest BCUT2D eigenvalue weighted by Crippen LogP contribution is -2.36. The molecule has 3 N–H and O–H groups in total. The van der Waals surface area contributed by atoms with E-state index in [0.717, 1.165) is 35.3 Å². The molecule has 0 aliphatic carbocycles. The van der Waals surface area contributed by atoms with E-state index in [1.807, 2.05) is 24.3 Å². The molecule has 3 aromatic carbocycles. The number of halogens is 2. The Hall–Kier alpha value is -2.57. The second-order valence-corrected chi connectivity index (χ2v) is 8.67. The van der Waals surface area contributed by atoms with Gasteiger partial charge in [0.2, 0.25) is 0 Å². The Kier molecular flexibility index (Phi) is 7.01. The molecule has 3 aromatic rings. The van der Waals surface area contributed by atoms with Crippen molar-refractivity contribution in [2.75, 3.05) is 13.1 Å². The number of nitrogens with one attached hydrogen (secondary N) is 1. The first-order chi connectivity index (χ1) is 15.4. The minimum Gasteiger partial charge on any atom is -0.489 e. The SMILES string of the molecule is O=C(O)c1ccc(-c2ccc3c(c2)CCC(CNCC(O)c2cc(Cl)ccc2Cl)O3)cc1. The van der Waals surface area contributed by atoms with E-state index in [-0.39, 0.29) is 11.7 Å². The molecule has 0 fully saturated rings. The molecule has 0 radical (unpaired) electrons. The normalized spacial score (nSPS) is 16.2. The monoisotopic (exact) mass is 471 g/mol. The zero-order valence-electron chi connectivity index (χ0n) is 17.2. The van der Waals surface area contributed by atoms with Crippen LogP contribution < -0.4 is 10.1 Å². The van der Waals surface area contributed by atoms with Crippen LogP contribution in [0.4, 0.5) is 0 Å². The number of rotatable bonds is 7. The molecule has 166 valence electrons. The van der Waals surface area contributed by atoms with Crippen molar-refractivity contribution in [2.24, 2.45) is 0 Å². The summed E-state index contributed by atoms with van der Waals surface area (Å²) < 4.78 is 6.13. The van der Waals surface area contributed by atoms with Crippen LogP contribution in [-0.2, 0) is 6.42 Å². The zero-order chi connectivity index (χ0) is 22.7. The Morgan fingerprint density at radius 2 is 1.81 bits per heavy atom. The van der Waals surface area contributed by atoms with Gasteiger partial charge in [-0.15, -0.1) is 0 Å². The standard InChI is InChI=1S/C25H23Cl2NO4/c26-19-7-9-22(27)21(12-19)23(29)14-28-13-20-8-5-18-11-17(6-10-24(18)32-20)15-1-3-16(4-2-15)25(30)31/h1-4,6-7,9-12,20,23,28-29H,5,8,13-14H2,(H,30,31). The quantitative estimate of drug-likeness (QED) is 0.431. The number of fused-ring (bicyclic) bond motifs is 1. The van der Waals surface area contributed by atoms with Crippen LogP contribution in [0.25, 0.3) is 11.1 Å². The number of benzene rings is 3. The van der Waals surface area contributed by atoms with Crippen LogP contribution >= 0.6 is 23.2 Å². The number of ether oxygens (including phenoxy) is 1. The van der Waals surface area contributed by atoms with E-state index in [0.29, 0.717) is 28.7 Å². The number of hydrogen-bond donors (Lipinski definition) is 3. The summed E-state index contributed by atoms with van der Waals surface area (Å²) in [6.45, 7) is 0.950. The van der Waals surface area contributed by atoms with Crippen molar-refractivity contribution in [3.05, 3.63) is 87.4 Å². The number of aliphatic hydroxyl groups is 1. The molecule has 5 nitrogen and oxygen atoms in total. The molecule has 7 heteroatoms. The number of aryl methyl sites for hydroxylation is 1. The van der Waals surface area contributed by atoms with E-state index >= 15 is 0 Å². The van der Waals surface area contributed by atoms with Crippen molar-refractivity contribution in [2.45, 2.75) is 25.0 Å². The lowest BCUT2D eigenvalue weighted by Gasteiger charge is -2.27. The van der Waals surface area contributed by atoms with Gasteiger partial charge in [-0.25, -0.2) is 4.79 Å². The van der Waals surface area contributed by atoms with Gasteiger partial charge in [0.05, 0.1) is 11.7 Å². The fraction of sp³-hybridized carbons (Fsp3) is 0.240. The molecule has 32 heavy (non-hydrogen) atoms. The predicted octanol–water partition coefficient (Wildman–Crippen LogP) is 5.38. The average molecular weight is 472 g/mol. The molecule has 0 aromatic heterocycles.